The molecule has 1 aromatic carbocycles. The van der Waals surface area contributed by atoms with Crippen molar-refractivity contribution >= 4 is 6.03 Å². The fraction of sp³-hybridized carbons (Fsp3) is 0.632. The van der Waals surface area contributed by atoms with E-state index in [1.807, 2.05) is 30.9 Å². The number of nitrogens with one attached hydrogen (secondary N) is 1. The Kier molecular flexibility index (Phi) is 5.11. The predicted molar refractivity (Wildman–Crippen MR) is 92.7 cm³/mol. The van der Waals surface area contributed by atoms with E-state index in [0.29, 0.717) is 19.8 Å². The number of hydrogen-bond acceptors (Lipinski definition) is 3. The molecule has 1 aromatic rings. The van der Waals surface area contributed by atoms with E-state index in [0.717, 1.165) is 24.9 Å². The third-order valence-corrected chi connectivity index (χ3v) is 5.31. The average molecular weight is 332 g/mol. The number of carbonyl (C=O) groups excluding carboxylic acids is 1. The molecule has 2 amide bonds. The Morgan fingerprint density at radius 3 is 2.75 bits per heavy atom. The zero-order valence-corrected chi connectivity index (χ0v) is 14.9. The quantitative estimate of drug-likeness (QED) is 0.924. The van der Waals surface area contributed by atoms with Gasteiger partial charge in [0.05, 0.1) is 19.3 Å². The molecular weight excluding hydrogens is 304 g/mol. The van der Waals surface area contributed by atoms with Crippen LogP contribution in [0.5, 0.6) is 0 Å². The molecule has 3 rings (SSSR count). The number of ether oxygens (including phenoxy) is 2. The normalized spacial score (nSPS) is 24.6. The highest BCUT2D eigenvalue weighted by Crippen LogP contribution is 2.34. The topological polar surface area (TPSA) is 50.8 Å². The highest BCUT2D eigenvalue weighted by Gasteiger charge is 2.42. The third kappa shape index (κ3) is 3.57. The monoisotopic (exact) mass is 332 g/mol. The minimum Gasteiger partial charge on any atom is -0.347 e. The fourth-order valence-corrected chi connectivity index (χ4v) is 3.78. The Bertz CT molecular complexity index is 584. The molecule has 0 bridgehead atoms. The Labute approximate surface area is 144 Å². The zero-order chi connectivity index (χ0) is 17.2. The molecule has 1 N–H and O–H groups in total. The lowest BCUT2D eigenvalue weighted by Gasteiger charge is -2.40. The first-order valence-corrected chi connectivity index (χ1v) is 8.88. The Morgan fingerprint density at radius 2 is 2.04 bits per heavy atom. The Hall–Kier alpha value is -1.59. The first-order chi connectivity index (χ1) is 11.5. The molecular formula is C19H28N2O3. The molecule has 2 heterocycles. The number of hydrogen-bond donors (Lipinski definition) is 1. The number of nitrogens with zero attached hydrogens (tertiary/aromatic N) is 1. The van der Waals surface area contributed by atoms with Crippen molar-refractivity contribution in [3.63, 3.8) is 0 Å². The SMILES string of the molecule is Cc1ccccc1[C@H](C)NC(=O)N1CCC[C@@H](C2(C)OCCO2)C1. The molecule has 0 spiro atoms. The van der Waals surface area contributed by atoms with Crippen LogP contribution in [0.3, 0.4) is 0 Å². The fourth-order valence-electron chi connectivity index (χ4n) is 3.78. The molecule has 0 unspecified atom stereocenters. The summed E-state index contributed by atoms with van der Waals surface area (Å²) < 4.78 is 11.6. The predicted octanol–water partition coefficient (Wildman–Crippen LogP) is 3.24. The van der Waals surface area contributed by atoms with Crippen molar-refractivity contribution < 1.29 is 14.3 Å². The first kappa shape index (κ1) is 17.2. The van der Waals surface area contributed by atoms with E-state index in [1.54, 1.807) is 0 Å². The maximum atomic E-state index is 12.7. The van der Waals surface area contributed by atoms with E-state index in [-0.39, 0.29) is 18.0 Å². The molecule has 2 atom stereocenters. The Morgan fingerprint density at radius 1 is 1.33 bits per heavy atom. The number of aryl methyl sites for hydroxylation is 1. The van der Waals surface area contributed by atoms with Crippen LogP contribution in [0, 0.1) is 12.8 Å². The number of benzene rings is 1. The molecule has 0 aromatic heterocycles. The van der Waals surface area contributed by atoms with Crippen LogP contribution in [0.2, 0.25) is 0 Å². The van der Waals surface area contributed by atoms with Crippen molar-refractivity contribution in [3.05, 3.63) is 35.4 Å². The highest BCUT2D eigenvalue weighted by atomic mass is 16.7. The van der Waals surface area contributed by atoms with E-state index in [1.165, 1.54) is 5.56 Å². The first-order valence-electron chi connectivity index (χ1n) is 8.88. The van der Waals surface area contributed by atoms with Crippen LogP contribution < -0.4 is 5.32 Å². The van der Waals surface area contributed by atoms with E-state index in [9.17, 15) is 4.79 Å². The van der Waals surface area contributed by atoms with E-state index in [2.05, 4.69) is 24.4 Å². The number of carbonyl (C=O) groups is 1. The summed E-state index contributed by atoms with van der Waals surface area (Å²) in [6.07, 6.45) is 2.02. The van der Waals surface area contributed by atoms with Crippen LogP contribution in [0.4, 0.5) is 4.79 Å². The summed E-state index contributed by atoms with van der Waals surface area (Å²) in [5, 5.41) is 3.14. The molecule has 2 aliphatic heterocycles. The van der Waals surface area contributed by atoms with Gasteiger partial charge in [0.15, 0.2) is 5.79 Å². The number of amides is 2. The van der Waals surface area contributed by atoms with E-state index >= 15 is 0 Å². The van der Waals surface area contributed by atoms with Crippen molar-refractivity contribution in [1.82, 2.24) is 10.2 Å². The van der Waals surface area contributed by atoms with Crippen molar-refractivity contribution in [2.24, 2.45) is 5.92 Å². The molecule has 24 heavy (non-hydrogen) atoms. The van der Waals surface area contributed by atoms with Crippen molar-refractivity contribution in [1.29, 1.82) is 0 Å². The van der Waals surface area contributed by atoms with Gasteiger partial charge in [0.25, 0.3) is 0 Å². The van der Waals surface area contributed by atoms with Gasteiger partial charge in [0.1, 0.15) is 0 Å². The van der Waals surface area contributed by atoms with Crippen LogP contribution in [0.15, 0.2) is 24.3 Å². The van der Waals surface area contributed by atoms with Gasteiger partial charge in [-0.25, -0.2) is 4.79 Å². The summed E-state index contributed by atoms with van der Waals surface area (Å²) >= 11 is 0. The lowest BCUT2D eigenvalue weighted by Crippen LogP contribution is -2.51. The smallest absolute Gasteiger partial charge is 0.317 e. The number of likely N-dealkylation sites (tertiary alicyclic amines) is 1. The molecule has 5 heteroatoms. The summed E-state index contributed by atoms with van der Waals surface area (Å²) in [6.45, 7) is 8.87. The summed E-state index contributed by atoms with van der Waals surface area (Å²) in [7, 11) is 0. The van der Waals surface area contributed by atoms with Crippen molar-refractivity contribution in [3.8, 4) is 0 Å². The number of urea groups is 1. The largest absolute Gasteiger partial charge is 0.347 e. The molecule has 2 aliphatic rings. The number of piperidine rings is 1. The molecule has 132 valence electrons. The Balaban J connectivity index is 1.61. The lowest BCUT2D eigenvalue weighted by atomic mass is 9.90. The third-order valence-electron chi connectivity index (χ3n) is 5.31. The van der Waals surface area contributed by atoms with Crippen LogP contribution in [0.1, 0.15) is 43.9 Å². The van der Waals surface area contributed by atoms with Crippen LogP contribution >= 0.6 is 0 Å². The molecule has 0 aliphatic carbocycles. The minimum atomic E-state index is -0.541. The van der Waals surface area contributed by atoms with E-state index < -0.39 is 5.79 Å². The molecule has 2 saturated heterocycles. The van der Waals surface area contributed by atoms with Crippen molar-refractivity contribution in [2.75, 3.05) is 26.3 Å². The zero-order valence-electron chi connectivity index (χ0n) is 14.9. The van der Waals surface area contributed by atoms with Gasteiger partial charge >= 0.3 is 6.03 Å². The molecule has 0 saturated carbocycles. The average Bonchev–Trinajstić information content (AvgIpc) is 3.03. The van der Waals surface area contributed by atoms with Gasteiger partial charge in [-0.1, -0.05) is 24.3 Å². The van der Waals surface area contributed by atoms with Gasteiger partial charge in [-0.3, -0.25) is 0 Å². The lowest BCUT2D eigenvalue weighted by molar-refractivity contribution is -0.189. The van der Waals surface area contributed by atoms with Crippen LogP contribution in [-0.4, -0.2) is 43.0 Å². The molecule has 5 nitrogen and oxygen atoms in total. The maximum Gasteiger partial charge on any atom is 0.317 e. The van der Waals surface area contributed by atoms with Gasteiger partial charge in [0.2, 0.25) is 0 Å². The summed E-state index contributed by atoms with van der Waals surface area (Å²) in [5.74, 6) is -0.311. The van der Waals surface area contributed by atoms with Gasteiger partial charge in [0, 0.05) is 19.0 Å². The molecule has 2 fully saturated rings. The second-order valence-electron chi connectivity index (χ2n) is 7.03. The minimum absolute atomic E-state index is 0.00273. The molecule has 0 radical (unpaired) electrons. The highest BCUT2D eigenvalue weighted by molar-refractivity contribution is 5.75. The van der Waals surface area contributed by atoms with Crippen LogP contribution in [-0.2, 0) is 9.47 Å². The second-order valence-corrected chi connectivity index (χ2v) is 7.03. The van der Waals surface area contributed by atoms with Gasteiger partial charge in [-0.2, -0.15) is 0 Å². The summed E-state index contributed by atoms with van der Waals surface area (Å²) in [5.41, 5.74) is 2.36. The van der Waals surface area contributed by atoms with E-state index in [4.69, 9.17) is 9.47 Å². The van der Waals surface area contributed by atoms with Gasteiger partial charge in [-0.15, -0.1) is 0 Å². The second kappa shape index (κ2) is 7.11. The van der Waals surface area contributed by atoms with Gasteiger partial charge < -0.3 is 19.7 Å². The van der Waals surface area contributed by atoms with Crippen LogP contribution in [0.25, 0.3) is 0 Å². The summed E-state index contributed by atoms with van der Waals surface area (Å²) in [4.78, 5) is 14.6. The summed E-state index contributed by atoms with van der Waals surface area (Å²) in [6, 6.07) is 8.17. The van der Waals surface area contributed by atoms with Crippen molar-refractivity contribution in [2.45, 2.75) is 45.4 Å². The van der Waals surface area contributed by atoms with Gasteiger partial charge in [-0.05, 0) is 44.7 Å². The maximum absolute atomic E-state index is 12.7. The number of rotatable bonds is 3. The standard InChI is InChI=1S/C19H28N2O3/c1-14-7-4-5-9-17(14)15(2)20-18(22)21-10-6-8-16(13-21)19(3)23-11-12-24-19/h4-5,7,9,15-16H,6,8,10-13H2,1-3H3,(H,20,22)/t15-,16+/m0/s1.